The molecule has 27 heavy (non-hydrogen) atoms. The van der Waals surface area contributed by atoms with Gasteiger partial charge in [0.15, 0.2) is 0 Å². The number of amides is 2. The molecule has 0 aromatic heterocycles. The highest BCUT2D eigenvalue weighted by molar-refractivity contribution is 7.89. The first-order valence-electron chi connectivity index (χ1n) is 9.07. The van der Waals surface area contributed by atoms with E-state index in [2.05, 4.69) is 15.4 Å². The van der Waals surface area contributed by atoms with Gasteiger partial charge in [0.05, 0.1) is 11.0 Å². The van der Waals surface area contributed by atoms with Gasteiger partial charge in [-0.15, -0.1) is 0 Å². The maximum Gasteiger partial charge on any atom is 0.309 e. The molecule has 1 fully saturated rings. The number of hydrogen-bond acceptors (Lipinski definition) is 5. The van der Waals surface area contributed by atoms with Gasteiger partial charge in [-0.1, -0.05) is 12.1 Å². The van der Waals surface area contributed by atoms with Crippen molar-refractivity contribution in [2.75, 3.05) is 19.7 Å². The fraction of sp³-hybridized carbons (Fsp3) is 0.556. The molecule has 0 spiro atoms. The fourth-order valence-electron chi connectivity index (χ4n) is 2.71. The van der Waals surface area contributed by atoms with Gasteiger partial charge in [0.1, 0.15) is 0 Å². The number of nitrogens with one attached hydrogen (secondary N) is 3. The summed E-state index contributed by atoms with van der Waals surface area (Å²) >= 11 is 0. The summed E-state index contributed by atoms with van der Waals surface area (Å²) in [5, 5.41) is 5.12. The summed E-state index contributed by atoms with van der Waals surface area (Å²) in [4.78, 5) is 23.7. The topological polar surface area (TPSA) is 114 Å². The molecular formula is C18H27N3O5S. The van der Waals surface area contributed by atoms with Crippen molar-refractivity contribution >= 4 is 21.8 Å². The number of benzene rings is 1. The highest BCUT2D eigenvalue weighted by atomic mass is 32.2. The van der Waals surface area contributed by atoms with E-state index in [4.69, 9.17) is 4.74 Å². The maximum absolute atomic E-state index is 12.1. The van der Waals surface area contributed by atoms with Crippen LogP contribution in [0.3, 0.4) is 0 Å². The number of ether oxygens (including phenoxy) is 1. The van der Waals surface area contributed by atoms with Gasteiger partial charge in [0, 0.05) is 25.7 Å². The van der Waals surface area contributed by atoms with Crippen LogP contribution in [0.4, 0.5) is 0 Å². The molecule has 1 aliphatic rings. The third-order valence-corrected chi connectivity index (χ3v) is 5.72. The average Bonchev–Trinajstić information content (AvgIpc) is 3.12. The number of sulfonamides is 1. The van der Waals surface area contributed by atoms with E-state index in [1.165, 1.54) is 12.1 Å². The van der Waals surface area contributed by atoms with E-state index in [9.17, 15) is 18.0 Å². The van der Waals surface area contributed by atoms with E-state index in [0.29, 0.717) is 19.6 Å². The van der Waals surface area contributed by atoms with Crippen LogP contribution in [0, 0.1) is 0 Å². The number of rotatable bonds is 8. The van der Waals surface area contributed by atoms with Gasteiger partial charge in [-0.3, -0.25) is 9.59 Å². The van der Waals surface area contributed by atoms with Crippen molar-refractivity contribution in [3.05, 3.63) is 29.8 Å². The van der Waals surface area contributed by atoms with Crippen molar-refractivity contribution in [3.8, 4) is 0 Å². The Hall–Kier alpha value is -1.97. The SMILES string of the molecule is CC(C)NS(=O)(=O)c1ccc(CCNC(=O)C(=O)NC[C@H]2CCCO2)cc1. The normalized spacial score (nSPS) is 17.1. The number of carbonyl (C=O) groups excluding carboxylic acids is 2. The van der Waals surface area contributed by atoms with Gasteiger partial charge in [0.2, 0.25) is 10.0 Å². The standard InChI is InChI=1S/C18H27N3O5S/c1-13(2)21-27(24,25)16-7-5-14(6-8-16)9-10-19-17(22)18(23)20-12-15-4-3-11-26-15/h5-8,13,15,21H,3-4,9-12H2,1-2H3,(H,19,22)(H,20,23)/t15-/m1/s1. The molecule has 1 heterocycles. The van der Waals surface area contributed by atoms with E-state index < -0.39 is 21.8 Å². The minimum absolute atomic E-state index is 0.0123. The Balaban J connectivity index is 1.74. The Morgan fingerprint density at radius 2 is 1.81 bits per heavy atom. The van der Waals surface area contributed by atoms with Crippen LogP contribution < -0.4 is 15.4 Å². The van der Waals surface area contributed by atoms with Crippen molar-refractivity contribution in [1.82, 2.24) is 15.4 Å². The van der Waals surface area contributed by atoms with Gasteiger partial charge in [0.25, 0.3) is 0 Å². The number of carbonyl (C=O) groups is 2. The van der Waals surface area contributed by atoms with Crippen LogP contribution in [0.1, 0.15) is 32.3 Å². The second-order valence-corrected chi connectivity index (χ2v) is 8.48. The predicted octanol–water partition coefficient (Wildman–Crippen LogP) is 0.327. The van der Waals surface area contributed by atoms with Crippen molar-refractivity contribution < 1.29 is 22.7 Å². The first-order chi connectivity index (χ1) is 12.8. The minimum Gasteiger partial charge on any atom is -0.376 e. The molecule has 0 unspecified atom stereocenters. The molecule has 8 nitrogen and oxygen atoms in total. The molecule has 1 aliphatic heterocycles. The first-order valence-corrected chi connectivity index (χ1v) is 10.5. The van der Waals surface area contributed by atoms with E-state index in [1.54, 1.807) is 26.0 Å². The Kier molecular flexibility index (Phi) is 7.76. The van der Waals surface area contributed by atoms with E-state index in [-0.39, 0.29) is 23.6 Å². The molecule has 150 valence electrons. The molecule has 1 saturated heterocycles. The van der Waals surface area contributed by atoms with Crippen LogP contribution in [0.5, 0.6) is 0 Å². The van der Waals surface area contributed by atoms with Crippen molar-refractivity contribution in [3.63, 3.8) is 0 Å². The largest absolute Gasteiger partial charge is 0.376 e. The predicted molar refractivity (Wildman–Crippen MR) is 101 cm³/mol. The fourth-order valence-corrected chi connectivity index (χ4v) is 3.96. The summed E-state index contributed by atoms with van der Waals surface area (Å²) in [5.74, 6) is -1.36. The molecule has 9 heteroatoms. The molecule has 1 aromatic rings. The lowest BCUT2D eigenvalue weighted by Gasteiger charge is -2.11. The lowest BCUT2D eigenvalue weighted by Crippen LogP contribution is -2.43. The Bertz CT molecular complexity index is 741. The lowest BCUT2D eigenvalue weighted by molar-refractivity contribution is -0.139. The minimum atomic E-state index is -3.52. The third kappa shape index (κ3) is 6.93. The maximum atomic E-state index is 12.1. The second-order valence-electron chi connectivity index (χ2n) is 6.77. The zero-order valence-corrected chi connectivity index (χ0v) is 16.5. The molecule has 1 atom stereocenters. The van der Waals surface area contributed by atoms with Crippen molar-refractivity contribution in [2.24, 2.45) is 0 Å². The van der Waals surface area contributed by atoms with Crippen molar-refractivity contribution in [1.29, 1.82) is 0 Å². The highest BCUT2D eigenvalue weighted by Crippen LogP contribution is 2.12. The van der Waals surface area contributed by atoms with Gasteiger partial charge in [-0.05, 0) is 50.8 Å². The van der Waals surface area contributed by atoms with E-state index >= 15 is 0 Å². The molecule has 3 N–H and O–H groups in total. The summed E-state index contributed by atoms with van der Waals surface area (Å²) in [6.45, 7) is 4.83. The Labute approximate surface area is 160 Å². The molecular weight excluding hydrogens is 370 g/mol. The summed E-state index contributed by atoms with van der Waals surface area (Å²) in [5.41, 5.74) is 0.860. The van der Waals surface area contributed by atoms with Crippen LogP contribution in [-0.4, -0.2) is 52.1 Å². The van der Waals surface area contributed by atoms with Crippen molar-refractivity contribution in [2.45, 2.75) is 50.2 Å². The van der Waals surface area contributed by atoms with Gasteiger partial charge in [-0.2, -0.15) is 0 Å². The molecule has 1 aromatic carbocycles. The second kappa shape index (κ2) is 9.82. The molecule has 0 radical (unpaired) electrons. The Morgan fingerprint density at radius 3 is 2.41 bits per heavy atom. The smallest absolute Gasteiger partial charge is 0.309 e. The average molecular weight is 397 g/mol. The molecule has 0 bridgehead atoms. The van der Waals surface area contributed by atoms with Crippen LogP contribution in [-0.2, 0) is 30.8 Å². The van der Waals surface area contributed by atoms with Crippen LogP contribution >= 0.6 is 0 Å². The summed E-state index contributed by atoms with van der Waals surface area (Å²) in [6.07, 6.45) is 2.34. The zero-order chi connectivity index (χ0) is 19.9. The highest BCUT2D eigenvalue weighted by Gasteiger charge is 2.19. The molecule has 2 rings (SSSR count). The van der Waals surface area contributed by atoms with Gasteiger partial charge < -0.3 is 15.4 Å². The van der Waals surface area contributed by atoms with Gasteiger partial charge in [-0.25, -0.2) is 13.1 Å². The summed E-state index contributed by atoms with van der Waals surface area (Å²) in [6, 6.07) is 6.25. The Morgan fingerprint density at radius 1 is 1.15 bits per heavy atom. The van der Waals surface area contributed by atoms with Gasteiger partial charge >= 0.3 is 11.8 Å². The van der Waals surface area contributed by atoms with E-state index in [0.717, 1.165) is 18.4 Å². The third-order valence-electron chi connectivity index (χ3n) is 4.04. The van der Waals surface area contributed by atoms with Crippen LogP contribution in [0.25, 0.3) is 0 Å². The summed E-state index contributed by atoms with van der Waals surface area (Å²) in [7, 11) is -3.52. The van der Waals surface area contributed by atoms with Crippen LogP contribution in [0.15, 0.2) is 29.2 Å². The lowest BCUT2D eigenvalue weighted by atomic mass is 10.1. The zero-order valence-electron chi connectivity index (χ0n) is 15.7. The monoisotopic (exact) mass is 397 g/mol. The quantitative estimate of drug-likeness (QED) is 0.547. The molecule has 2 amide bonds. The summed E-state index contributed by atoms with van der Waals surface area (Å²) < 4.78 is 32.0. The number of hydrogen-bond donors (Lipinski definition) is 3. The van der Waals surface area contributed by atoms with E-state index in [1.807, 2.05) is 0 Å². The van der Waals surface area contributed by atoms with Crippen LogP contribution in [0.2, 0.25) is 0 Å². The molecule has 0 aliphatic carbocycles. The molecule has 0 saturated carbocycles. The first kappa shape index (κ1) is 21.3.